The number of methoxy groups -OCH3 is 1. The lowest BCUT2D eigenvalue weighted by molar-refractivity contribution is -0.129. The van der Waals surface area contributed by atoms with Crippen LogP contribution in [0, 0.1) is 0 Å². The molecule has 0 atom stereocenters. The molecule has 2 N–H and O–H groups in total. The molecule has 5 heteroatoms. The average molecular weight is 277 g/mol. The predicted octanol–water partition coefficient (Wildman–Crippen LogP) is 0.766. The molecule has 0 aliphatic carbocycles. The summed E-state index contributed by atoms with van der Waals surface area (Å²) in [6.45, 7) is 2.26. The summed E-state index contributed by atoms with van der Waals surface area (Å²) < 4.78 is 5.28. The van der Waals surface area contributed by atoms with Crippen molar-refractivity contribution in [2.75, 3.05) is 46.6 Å². The van der Waals surface area contributed by atoms with Crippen molar-refractivity contribution in [2.45, 2.75) is 12.8 Å². The fourth-order valence-corrected chi connectivity index (χ4v) is 2.49. The molecule has 0 unspecified atom stereocenters. The molecule has 0 bridgehead atoms. The zero-order chi connectivity index (χ0) is 14.7. The van der Waals surface area contributed by atoms with Crippen LogP contribution in [0.1, 0.15) is 11.1 Å². The van der Waals surface area contributed by atoms with Gasteiger partial charge in [0.1, 0.15) is 5.75 Å². The number of nitrogens with zero attached hydrogens (tertiary/aromatic N) is 2. The van der Waals surface area contributed by atoms with E-state index in [1.807, 2.05) is 12.1 Å². The predicted molar refractivity (Wildman–Crippen MR) is 79.9 cm³/mol. The largest absolute Gasteiger partial charge is 0.495 e. The molecule has 0 saturated carbocycles. The smallest absolute Gasteiger partial charge is 0.236 e. The van der Waals surface area contributed by atoms with Gasteiger partial charge in [-0.3, -0.25) is 9.69 Å². The third kappa shape index (κ3) is 3.22. The Morgan fingerprint density at radius 1 is 1.30 bits per heavy atom. The zero-order valence-corrected chi connectivity index (χ0v) is 12.5. The molecule has 0 fully saturated rings. The SMILES string of the molecule is COc1cc2c(cc1N)CCN(CC(=O)N(C)C)CC2. The van der Waals surface area contributed by atoms with Crippen molar-refractivity contribution in [3.05, 3.63) is 23.3 Å². The summed E-state index contributed by atoms with van der Waals surface area (Å²) in [6.07, 6.45) is 1.84. The quantitative estimate of drug-likeness (QED) is 0.829. The van der Waals surface area contributed by atoms with Crippen LogP contribution >= 0.6 is 0 Å². The molecule has 1 aliphatic heterocycles. The highest BCUT2D eigenvalue weighted by molar-refractivity contribution is 5.77. The van der Waals surface area contributed by atoms with Gasteiger partial charge in [-0.2, -0.15) is 0 Å². The van der Waals surface area contributed by atoms with Crippen molar-refractivity contribution in [3.63, 3.8) is 0 Å². The van der Waals surface area contributed by atoms with E-state index >= 15 is 0 Å². The van der Waals surface area contributed by atoms with E-state index in [1.54, 1.807) is 26.1 Å². The van der Waals surface area contributed by atoms with Gasteiger partial charge in [-0.15, -0.1) is 0 Å². The van der Waals surface area contributed by atoms with E-state index in [4.69, 9.17) is 10.5 Å². The molecule has 1 aromatic rings. The second-order valence-electron chi connectivity index (χ2n) is 5.43. The van der Waals surface area contributed by atoms with Crippen molar-refractivity contribution < 1.29 is 9.53 Å². The summed E-state index contributed by atoms with van der Waals surface area (Å²) in [6, 6.07) is 4.04. The Morgan fingerprint density at radius 3 is 2.45 bits per heavy atom. The molecule has 2 rings (SSSR count). The fourth-order valence-electron chi connectivity index (χ4n) is 2.49. The lowest BCUT2D eigenvalue weighted by Crippen LogP contribution is -2.37. The molecule has 0 spiro atoms. The number of nitrogen functional groups attached to an aromatic ring is 1. The second-order valence-corrected chi connectivity index (χ2v) is 5.43. The third-order valence-electron chi connectivity index (χ3n) is 3.80. The Labute approximate surface area is 120 Å². The van der Waals surface area contributed by atoms with Gasteiger partial charge in [-0.05, 0) is 36.1 Å². The molecule has 0 saturated heterocycles. The van der Waals surface area contributed by atoms with Crippen LogP contribution in [0.4, 0.5) is 5.69 Å². The first-order chi connectivity index (χ1) is 9.51. The van der Waals surface area contributed by atoms with Gasteiger partial charge in [0.2, 0.25) is 5.91 Å². The van der Waals surface area contributed by atoms with E-state index in [9.17, 15) is 4.79 Å². The normalized spacial score (nSPS) is 15.3. The van der Waals surface area contributed by atoms with E-state index < -0.39 is 0 Å². The first kappa shape index (κ1) is 14.7. The van der Waals surface area contributed by atoms with E-state index in [0.717, 1.165) is 31.7 Å². The Bertz CT molecular complexity index is 500. The van der Waals surface area contributed by atoms with Crippen LogP contribution in [-0.2, 0) is 17.6 Å². The van der Waals surface area contributed by atoms with Crippen molar-refractivity contribution >= 4 is 11.6 Å². The molecule has 1 aromatic carbocycles. The van der Waals surface area contributed by atoms with Crippen LogP contribution in [0.2, 0.25) is 0 Å². The number of carbonyl (C=O) groups is 1. The molecule has 5 nitrogen and oxygen atoms in total. The summed E-state index contributed by atoms with van der Waals surface area (Å²) in [5, 5.41) is 0. The fraction of sp³-hybridized carbons (Fsp3) is 0.533. The Kier molecular flexibility index (Phi) is 4.49. The summed E-state index contributed by atoms with van der Waals surface area (Å²) in [7, 11) is 5.22. The Balaban J connectivity index is 2.09. The molecule has 1 amide bonds. The Hall–Kier alpha value is -1.75. The first-order valence-electron chi connectivity index (χ1n) is 6.89. The van der Waals surface area contributed by atoms with Gasteiger partial charge in [-0.1, -0.05) is 0 Å². The highest BCUT2D eigenvalue weighted by Gasteiger charge is 2.18. The third-order valence-corrected chi connectivity index (χ3v) is 3.80. The number of anilines is 1. The standard InChI is InChI=1S/C15H23N3O2/c1-17(2)15(19)10-18-6-4-11-8-13(16)14(20-3)9-12(11)5-7-18/h8-9H,4-7,10,16H2,1-3H3. The maximum absolute atomic E-state index is 11.8. The number of hydrogen-bond donors (Lipinski definition) is 1. The average Bonchev–Trinajstić information content (AvgIpc) is 2.60. The molecule has 1 heterocycles. The number of benzene rings is 1. The van der Waals surface area contributed by atoms with Gasteiger partial charge >= 0.3 is 0 Å². The molecular formula is C15H23N3O2. The lowest BCUT2D eigenvalue weighted by atomic mass is 10.0. The van der Waals surface area contributed by atoms with Gasteiger partial charge in [0.25, 0.3) is 0 Å². The molecule has 110 valence electrons. The van der Waals surface area contributed by atoms with Crippen molar-refractivity contribution in [3.8, 4) is 5.75 Å². The summed E-state index contributed by atoms with van der Waals surface area (Å²) in [4.78, 5) is 15.6. The monoisotopic (exact) mass is 277 g/mol. The number of nitrogens with two attached hydrogens (primary N) is 1. The summed E-state index contributed by atoms with van der Waals surface area (Å²) >= 11 is 0. The van der Waals surface area contributed by atoms with Crippen LogP contribution < -0.4 is 10.5 Å². The van der Waals surface area contributed by atoms with Crippen molar-refractivity contribution in [1.29, 1.82) is 0 Å². The van der Waals surface area contributed by atoms with E-state index in [2.05, 4.69) is 4.90 Å². The second kappa shape index (κ2) is 6.13. The molecule has 0 aromatic heterocycles. The summed E-state index contributed by atoms with van der Waals surface area (Å²) in [5.74, 6) is 0.884. The Morgan fingerprint density at radius 2 is 1.90 bits per heavy atom. The van der Waals surface area contributed by atoms with E-state index in [1.165, 1.54) is 11.1 Å². The number of likely N-dealkylation sites (N-methyl/N-ethyl adjacent to an activating group) is 1. The van der Waals surface area contributed by atoms with Crippen LogP contribution in [0.5, 0.6) is 5.75 Å². The summed E-state index contributed by atoms with van der Waals surface area (Å²) in [5.41, 5.74) is 9.19. The van der Waals surface area contributed by atoms with Crippen LogP contribution in [-0.4, -0.2) is 56.5 Å². The van der Waals surface area contributed by atoms with Gasteiger partial charge in [0.05, 0.1) is 19.3 Å². The highest BCUT2D eigenvalue weighted by Crippen LogP contribution is 2.28. The number of amides is 1. The zero-order valence-electron chi connectivity index (χ0n) is 12.5. The van der Waals surface area contributed by atoms with Gasteiger partial charge < -0.3 is 15.4 Å². The van der Waals surface area contributed by atoms with Gasteiger partial charge in [-0.25, -0.2) is 0 Å². The topological polar surface area (TPSA) is 58.8 Å². The lowest BCUT2D eigenvalue weighted by Gasteiger charge is -2.21. The molecular weight excluding hydrogens is 254 g/mol. The van der Waals surface area contributed by atoms with Crippen molar-refractivity contribution in [1.82, 2.24) is 9.80 Å². The number of hydrogen-bond acceptors (Lipinski definition) is 4. The van der Waals surface area contributed by atoms with Crippen LogP contribution in [0.25, 0.3) is 0 Å². The van der Waals surface area contributed by atoms with Crippen LogP contribution in [0.3, 0.4) is 0 Å². The van der Waals surface area contributed by atoms with E-state index in [-0.39, 0.29) is 5.91 Å². The number of carbonyl (C=O) groups excluding carboxylic acids is 1. The van der Waals surface area contributed by atoms with Gasteiger partial charge in [0, 0.05) is 27.2 Å². The number of ether oxygens (including phenoxy) is 1. The van der Waals surface area contributed by atoms with Crippen molar-refractivity contribution in [2.24, 2.45) is 0 Å². The first-order valence-corrected chi connectivity index (χ1v) is 6.89. The minimum absolute atomic E-state index is 0.146. The molecule has 1 aliphatic rings. The molecule has 20 heavy (non-hydrogen) atoms. The minimum atomic E-state index is 0.146. The van der Waals surface area contributed by atoms with Gasteiger partial charge in [0.15, 0.2) is 0 Å². The minimum Gasteiger partial charge on any atom is -0.495 e. The maximum atomic E-state index is 11.8. The highest BCUT2D eigenvalue weighted by atomic mass is 16.5. The van der Waals surface area contributed by atoms with E-state index in [0.29, 0.717) is 12.2 Å². The molecule has 0 radical (unpaired) electrons. The van der Waals surface area contributed by atoms with Crippen LogP contribution in [0.15, 0.2) is 12.1 Å². The maximum Gasteiger partial charge on any atom is 0.236 e. The number of fused-ring (bicyclic) bond motifs is 1. The number of rotatable bonds is 3.